The van der Waals surface area contributed by atoms with Crippen LogP contribution < -0.4 is 5.73 Å². The van der Waals surface area contributed by atoms with Crippen molar-refractivity contribution in [2.75, 3.05) is 5.73 Å². The topological polar surface area (TPSA) is 82.9 Å². The van der Waals surface area contributed by atoms with Crippen LogP contribution in [0.5, 0.6) is 0 Å². The first-order valence-corrected chi connectivity index (χ1v) is 5.57. The zero-order valence-corrected chi connectivity index (χ0v) is 9.74. The number of benzene rings is 1. The molecular formula is C14H13N3O. The van der Waals surface area contributed by atoms with Gasteiger partial charge in [0.15, 0.2) is 0 Å². The number of hydrogen-bond acceptors (Lipinski definition) is 4. The second-order valence-electron chi connectivity index (χ2n) is 4.05. The molecule has 1 aromatic heterocycles. The molecule has 0 aliphatic heterocycles. The first-order valence-electron chi connectivity index (χ1n) is 5.57. The lowest BCUT2D eigenvalue weighted by molar-refractivity contribution is 0.178. The number of aromatic nitrogens is 1. The maximum Gasteiger partial charge on any atom is 0.123 e. The van der Waals surface area contributed by atoms with Crippen LogP contribution in [0.25, 0.3) is 0 Å². The molecule has 2 rings (SSSR count). The summed E-state index contributed by atoms with van der Waals surface area (Å²) in [5.41, 5.74) is 7.77. The first-order chi connectivity index (χ1) is 8.69. The molecule has 0 amide bonds. The van der Waals surface area contributed by atoms with Crippen molar-refractivity contribution in [2.24, 2.45) is 0 Å². The summed E-state index contributed by atoms with van der Waals surface area (Å²) in [4.78, 5) is 3.90. The molecule has 1 aromatic carbocycles. The van der Waals surface area contributed by atoms with E-state index in [0.29, 0.717) is 17.8 Å². The summed E-state index contributed by atoms with van der Waals surface area (Å²) in [6.07, 6.45) is 1.41. The number of nitrogen functional groups attached to an aromatic ring is 1. The lowest BCUT2D eigenvalue weighted by Gasteiger charge is -2.11. The predicted octanol–water partition coefficient (Wildman–Crippen LogP) is 1.81. The molecule has 1 heterocycles. The maximum atomic E-state index is 10.1. The zero-order chi connectivity index (χ0) is 13.0. The van der Waals surface area contributed by atoms with E-state index < -0.39 is 6.10 Å². The summed E-state index contributed by atoms with van der Waals surface area (Å²) >= 11 is 0. The summed E-state index contributed by atoms with van der Waals surface area (Å²) in [7, 11) is 0. The maximum absolute atomic E-state index is 10.1. The van der Waals surface area contributed by atoms with E-state index in [0.717, 1.165) is 11.1 Å². The van der Waals surface area contributed by atoms with Crippen molar-refractivity contribution in [2.45, 2.75) is 12.5 Å². The fourth-order valence-electron chi connectivity index (χ4n) is 1.78. The van der Waals surface area contributed by atoms with Crippen molar-refractivity contribution in [3.8, 4) is 6.07 Å². The van der Waals surface area contributed by atoms with Gasteiger partial charge < -0.3 is 10.8 Å². The van der Waals surface area contributed by atoms with Crippen LogP contribution in [0, 0.1) is 11.3 Å². The summed E-state index contributed by atoms with van der Waals surface area (Å²) in [6.45, 7) is 0. The Labute approximate surface area is 105 Å². The lowest BCUT2D eigenvalue weighted by atomic mass is 10.0. The molecule has 0 spiro atoms. The third-order valence-corrected chi connectivity index (χ3v) is 2.68. The normalized spacial score (nSPS) is 11.8. The van der Waals surface area contributed by atoms with Gasteiger partial charge in [0.2, 0.25) is 0 Å². The Morgan fingerprint density at radius 1 is 1.33 bits per heavy atom. The van der Waals surface area contributed by atoms with Crippen molar-refractivity contribution in [3.05, 3.63) is 59.3 Å². The Morgan fingerprint density at radius 2 is 2.17 bits per heavy atom. The number of aliphatic hydroxyl groups excluding tert-OH is 1. The van der Waals surface area contributed by atoms with Crippen LogP contribution in [0.15, 0.2) is 42.6 Å². The minimum Gasteiger partial charge on any atom is -0.388 e. The standard InChI is InChI=1S/C14H13N3O/c15-9-11-2-1-3-12(6-11)13(18)7-10-4-5-17-14(16)8-10/h1-6,8,13,18H,7H2,(H2,16,17). The molecule has 2 aromatic rings. The fraction of sp³-hybridized carbons (Fsp3) is 0.143. The van der Waals surface area contributed by atoms with E-state index in [4.69, 9.17) is 11.0 Å². The Hall–Kier alpha value is -2.38. The molecule has 0 aliphatic carbocycles. The molecule has 0 aliphatic rings. The lowest BCUT2D eigenvalue weighted by Crippen LogP contribution is -2.03. The van der Waals surface area contributed by atoms with Crippen LogP contribution in [0.1, 0.15) is 22.8 Å². The number of anilines is 1. The molecule has 0 saturated heterocycles. The van der Waals surface area contributed by atoms with E-state index in [-0.39, 0.29) is 0 Å². The van der Waals surface area contributed by atoms with E-state index >= 15 is 0 Å². The molecule has 4 nitrogen and oxygen atoms in total. The highest BCUT2D eigenvalue weighted by Gasteiger charge is 2.09. The molecule has 18 heavy (non-hydrogen) atoms. The van der Waals surface area contributed by atoms with Crippen LogP contribution in [0.2, 0.25) is 0 Å². The van der Waals surface area contributed by atoms with Crippen molar-refractivity contribution in [3.63, 3.8) is 0 Å². The van der Waals surface area contributed by atoms with Crippen LogP contribution in [-0.2, 0) is 6.42 Å². The summed E-state index contributed by atoms with van der Waals surface area (Å²) < 4.78 is 0. The number of rotatable bonds is 3. The van der Waals surface area contributed by atoms with Crippen molar-refractivity contribution < 1.29 is 5.11 Å². The fourth-order valence-corrected chi connectivity index (χ4v) is 1.78. The number of nitrogens with zero attached hydrogens (tertiary/aromatic N) is 2. The van der Waals surface area contributed by atoms with Gasteiger partial charge in [0.25, 0.3) is 0 Å². The third-order valence-electron chi connectivity index (χ3n) is 2.68. The first kappa shape index (κ1) is 12.1. The Bertz CT molecular complexity index is 590. The van der Waals surface area contributed by atoms with E-state index in [9.17, 15) is 5.11 Å². The molecule has 1 atom stereocenters. The largest absolute Gasteiger partial charge is 0.388 e. The minimum absolute atomic E-state index is 0.436. The van der Waals surface area contributed by atoms with Crippen LogP contribution in [0.3, 0.4) is 0 Å². The monoisotopic (exact) mass is 239 g/mol. The average Bonchev–Trinajstić information content (AvgIpc) is 2.39. The van der Waals surface area contributed by atoms with Crippen molar-refractivity contribution in [1.29, 1.82) is 5.26 Å². The van der Waals surface area contributed by atoms with Gasteiger partial charge in [-0.3, -0.25) is 0 Å². The van der Waals surface area contributed by atoms with Gasteiger partial charge in [-0.25, -0.2) is 4.98 Å². The number of nitrogens with two attached hydrogens (primary N) is 1. The molecule has 4 heteroatoms. The summed E-state index contributed by atoms with van der Waals surface area (Å²) in [5, 5.41) is 18.9. The summed E-state index contributed by atoms with van der Waals surface area (Å²) in [6, 6.07) is 12.6. The van der Waals surface area contributed by atoms with E-state index in [1.807, 2.05) is 6.07 Å². The highest BCUT2D eigenvalue weighted by molar-refractivity contribution is 5.36. The average molecular weight is 239 g/mol. The van der Waals surface area contributed by atoms with Gasteiger partial charge in [0.1, 0.15) is 5.82 Å². The van der Waals surface area contributed by atoms with Crippen LogP contribution in [0.4, 0.5) is 5.82 Å². The van der Waals surface area contributed by atoms with Gasteiger partial charge in [-0.2, -0.15) is 5.26 Å². The van der Waals surface area contributed by atoms with E-state index in [1.54, 1.807) is 36.5 Å². The van der Waals surface area contributed by atoms with E-state index in [2.05, 4.69) is 11.1 Å². The molecule has 3 N–H and O–H groups in total. The van der Waals surface area contributed by atoms with Crippen molar-refractivity contribution >= 4 is 5.82 Å². The van der Waals surface area contributed by atoms with Crippen molar-refractivity contribution in [1.82, 2.24) is 4.98 Å². The van der Waals surface area contributed by atoms with Gasteiger partial charge in [-0.1, -0.05) is 12.1 Å². The molecule has 1 unspecified atom stereocenters. The molecule has 90 valence electrons. The molecular weight excluding hydrogens is 226 g/mol. The summed E-state index contributed by atoms with van der Waals surface area (Å²) in [5.74, 6) is 0.436. The SMILES string of the molecule is N#Cc1cccc(C(O)Cc2ccnc(N)c2)c1. The second-order valence-corrected chi connectivity index (χ2v) is 4.05. The Balaban J connectivity index is 2.17. The number of hydrogen-bond donors (Lipinski definition) is 2. The third kappa shape index (κ3) is 2.84. The quantitative estimate of drug-likeness (QED) is 0.855. The van der Waals surface area contributed by atoms with Gasteiger partial charge in [-0.05, 0) is 35.4 Å². The van der Waals surface area contributed by atoms with Crippen LogP contribution in [-0.4, -0.2) is 10.1 Å². The molecule has 0 saturated carbocycles. The van der Waals surface area contributed by atoms with Gasteiger partial charge >= 0.3 is 0 Å². The second kappa shape index (κ2) is 5.30. The number of pyridine rings is 1. The molecule has 0 fully saturated rings. The van der Waals surface area contributed by atoms with Gasteiger partial charge in [0, 0.05) is 12.6 Å². The smallest absolute Gasteiger partial charge is 0.123 e. The van der Waals surface area contributed by atoms with Crippen LogP contribution >= 0.6 is 0 Å². The van der Waals surface area contributed by atoms with Gasteiger partial charge in [-0.15, -0.1) is 0 Å². The van der Waals surface area contributed by atoms with E-state index in [1.165, 1.54) is 0 Å². The highest BCUT2D eigenvalue weighted by atomic mass is 16.3. The molecule has 0 bridgehead atoms. The number of aliphatic hydroxyl groups is 1. The minimum atomic E-state index is -0.653. The Morgan fingerprint density at radius 3 is 2.89 bits per heavy atom. The van der Waals surface area contributed by atoms with Gasteiger partial charge in [0.05, 0.1) is 17.7 Å². The number of nitriles is 1. The predicted molar refractivity (Wildman–Crippen MR) is 68.5 cm³/mol. The molecule has 0 radical (unpaired) electrons. The Kier molecular flexibility index (Phi) is 3.56. The zero-order valence-electron chi connectivity index (χ0n) is 9.74. The highest BCUT2D eigenvalue weighted by Crippen LogP contribution is 2.19.